The van der Waals surface area contributed by atoms with Crippen molar-refractivity contribution in [1.29, 1.82) is 0 Å². The Balaban J connectivity index is 2.88. The molecule has 0 bridgehead atoms. The average molecular weight is 266 g/mol. The van der Waals surface area contributed by atoms with E-state index >= 15 is 0 Å². The van der Waals surface area contributed by atoms with Crippen molar-refractivity contribution in [2.24, 2.45) is 0 Å². The second-order valence-electron chi connectivity index (χ2n) is 2.69. The Morgan fingerprint density at radius 3 is 2.69 bits per heavy atom. The van der Waals surface area contributed by atoms with E-state index in [4.69, 9.17) is 16.7 Å². The van der Waals surface area contributed by atoms with Crippen LogP contribution >= 0.6 is 27.5 Å². The van der Waals surface area contributed by atoms with Gasteiger partial charge in [-0.1, -0.05) is 33.6 Å². The van der Waals surface area contributed by atoms with E-state index in [0.29, 0.717) is 11.4 Å². The zero-order valence-corrected chi connectivity index (χ0v) is 9.22. The van der Waals surface area contributed by atoms with Gasteiger partial charge in [0.2, 0.25) is 0 Å². The number of hydrogen-bond donors (Lipinski definition) is 2. The van der Waals surface area contributed by atoms with E-state index < -0.39 is 6.10 Å². The van der Waals surface area contributed by atoms with Crippen LogP contribution in [0.2, 0.25) is 5.02 Å². The van der Waals surface area contributed by atoms with Crippen molar-refractivity contribution >= 4 is 27.5 Å². The molecule has 0 amide bonds. The summed E-state index contributed by atoms with van der Waals surface area (Å²) >= 11 is 9.03. The molecule has 2 nitrogen and oxygen atoms in total. The fourth-order valence-corrected chi connectivity index (χ4v) is 2.00. The quantitative estimate of drug-likeness (QED) is 0.882. The average Bonchev–Trinajstić information content (AvgIpc) is 2.04. The minimum atomic E-state index is -0.642. The third-order valence-corrected chi connectivity index (χ3v) is 2.65. The largest absolute Gasteiger partial charge is 0.396 e. The van der Waals surface area contributed by atoms with E-state index in [9.17, 15) is 5.11 Å². The third kappa shape index (κ3) is 2.95. The maximum atomic E-state index is 9.56. The summed E-state index contributed by atoms with van der Waals surface area (Å²) in [6.45, 7) is -0.0315. The summed E-state index contributed by atoms with van der Waals surface area (Å²) < 4.78 is 0.765. The molecular weight excluding hydrogens is 255 g/mol. The molecule has 2 N–H and O–H groups in total. The maximum absolute atomic E-state index is 9.56. The lowest BCUT2D eigenvalue weighted by molar-refractivity contribution is 0.134. The molecule has 0 heterocycles. The van der Waals surface area contributed by atoms with Crippen LogP contribution in [0.5, 0.6) is 0 Å². The monoisotopic (exact) mass is 264 g/mol. The molecule has 0 spiro atoms. The lowest BCUT2D eigenvalue weighted by atomic mass is 10.1. The van der Waals surface area contributed by atoms with E-state index in [1.54, 1.807) is 18.2 Å². The van der Waals surface area contributed by atoms with Gasteiger partial charge in [0.1, 0.15) is 0 Å². The summed E-state index contributed by atoms with van der Waals surface area (Å²) in [5, 5.41) is 18.8. The molecule has 0 saturated carbocycles. The van der Waals surface area contributed by atoms with Gasteiger partial charge in [-0.25, -0.2) is 0 Å². The van der Waals surface area contributed by atoms with Crippen LogP contribution in [-0.4, -0.2) is 16.8 Å². The lowest BCUT2D eigenvalue weighted by Crippen LogP contribution is -2.00. The van der Waals surface area contributed by atoms with E-state index in [1.165, 1.54) is 0 Å². The van der Waals surface area contributed by atoms with Crippen molar-refractivity contribution in [3.8, 4) is 0 Å². The van der Waals surface area contributed by atoms with Gasteiger partial charge in [-0.2, -0.15) is 0 Å². The Morgan fingerprint density at radius 1 is 1.46 bits per heavy atom. The van der Waals surface area contributed by atoms with E-state index in [-0.39, 0.29) is 6.61 Å². The Hall–Kier alpha value is -0.0900. The Morgan fingerprint density at radius 2 is 2.15 bits per heavy atom. The molecule has 4 heteroatoms. The van der Waals surface area contributed by atoms with Gasteiger partial charge in [-0.15, -0.1) is 0 Å². The summed E-state index contributed by atoms with van der Waals surface area (Å²) in [4.78, 5) is 0. The molecule has 1 unspecified atom stereocenters. The number of rotatable bonds is 3. The first-order valence-corrected chi connectivity index (χ1v) is 5.06. The first-order valence-electron chi connectivity index (χ1n) is 3.89. The molecule has 0 aromatic heterocycles. The van der Waals surface area contributed by atoms with Gasteiger partial charge in [-0.3, -0.25) is 0 Å². The van der Waals surface area contributed by atoms with Crippen LogP contribution in [0.4, 0.5) is 0 Å². The fraction of sp³-hybridized carbons (Fsp3) is 0.333. The van der Waals surface area contributed by atoms with E-state index in [2.05, 4.69) is 15.9 Å². The Bertz CT molecular complexity index is 291. The Kier molecular flexibility index (Phi) is 4.19. The molecule has 0 radical (unpaired) electrons. The van der Waals surface area contributed by atoms with Gasteiger partial charge in [0.25, 0.3) is 0 Å². The summed E-state index contributed by atoms with van der Waals surface area (Å²) in [6.07, 6.45) is -0.308. The van der Waals surface area contributed by atoms with Gasteiger partial charge in [0.05, 0.1) is 6.10 Å². The standard InChI is InChI=1S/C9H10BrClO2/c10-8-5-6(11)1-2-7(8)9(13)3-4-12/h1-2,5,9,12-13H,3-4H2. The molecule has 0 fully saturated rings. The van der Waals surface area contributed by atoms with Gasteiger partial charge < -0.3 is 10.2 Å². The molecule has 13 heavy (non-hydrogen) atoms. The molecular formula is C9H10BrClO2. The molecule has 72 valence electrons. The first kappa shape index (κ1) is 11.0. The van der Waals surface area contributed by atoms with Crippen molar-refractivity contribution in [2.45, 2.75) is 12.5 Å². The van der Waals surface area contributed by atoms with Crippen molar-refractivity contribution in [3.63, 3.8) is 0 Å². The highest BCUT2D eigenvalue weighted by atomic mass is 79.9. The SMILES string of the molecule is OCCC(O)c1ccc(Cl)cc1Br. The zero-order valence-electron chi connectivity index (χ0n) is 6.87. The van der Waals surface area contributed by atoms with Crippen molar-refractivity contribution < 1.29 is 10.2 Å². The molecule has 1 atom stereocenters. The van der Waals surface area contributed by atoms with Crippen LogP contribution in [0, 0.1) is 0 Å². The molecule has 0 aliphatic carbocycles. The second-order valence-corrected chi connectivity index (χ2v) is 3.98. The van der Waals surface area contributed by atoms with Crippen LogP contribution in [-0.2, 0) is 0 Å². The van der Waals surface area contributed by atoms with Gasteiger partial charge in [0.15, 0.2) is 0 Å². The summed E-state index contributed by atoms with van der Waals surface area (Å²) in [5.41, 5.74) is 0.749. The first-order chi connectivity index (χ1) is 6.15. The van der Waals surface area contributed by atoms with Gasteiger partial charge in [-0.05, 0) is 17.7 Å². The van der Waals surface area contributed by atoms with Gasteiger partial charge in [0, 0.05) is 22.5 Å². The normalized spacial score (nSPS) is 12.9. The summed E-state index contributed by atoms with van der Waals surface area (Å²) in [5.74, 6) is 0. The minimum Gasteiger partial charge on any atom is -0.396 e. The van der Waals surface area contributed by atoms with Crippen LogP contribution in [0.3, 0.4) is 0 Å². The number of aliphatic hydroxyl groups is 2. The maximum Gasteiger partial charge on any atom is 0.0822 e. The number of halogens is 2. The van der Waals surface area contributed by atoms with Crippen molar-refractivity contribution in [1.82, 2.24) is 0 Å². The fourth-order valence-electron chi connectivity index (χ4n) is 1.05. The minimum absolute atomic E-state index is 0.0315. The van der Waals surface area contributed by atoms with Crippen molar-refractivity contribution in [3.05, 3.63) is 33.3 Å². The molecule has 0 aliphatic heterocycles. The lowest BCUT2D eigenvalue weighted by Gasteiger charge is -2.11. The van der Waals surface area contributed by atoms with Crippen molar-refractivity contribution in [2.75, 3.05) is 6.61 Å². The third-order valence-electron chi connectivity index (χ3n) is 1.72. The molecule has 0 aliphatic rings. The number of aliphatic hydroxyl groups excluding tert-OH is 2. The smallest absolute Gasteiger partial charge is 0.0822 e. The number of benzene rings is 1. The topological polar surface area (TPSA) is 40.5 Å². The van der Waals surface area contributed by atoms with Crippen LogP contribution in [0.25, 0.3) is 0 Å². The number of hydrogen-bond acceptors (Lipinski definition) is 2. The second kappa shape index (κ2) is 4.96. The highest BCUT2D eigenvalue weighted by Crippen LogP contribution is 2.27. The summed E-state index contributed by atoms with van der Waals surface area (Å²) in [7, 11) is 0. The summed E-state index contributed by atoms with van der Waals surface area (Å²) in [6, 6.07) is 5.17. The molecule has 0 saturated heterocycles. The zero-order chi connectivity index (χ0) is 9.84. The predicted octanol–water partition coefficient (Wildman–Crippen LogP) is 2.52. The Labute approximate surface area is 90.3 Å². The van der Waals surface area contributed by atoms with E-state index in [0.717, 1.165) is 10.0 Å². The van der Waals surface area contributed by atoms with Crippen LogP contribution in [0.1, 0.15) is 18.1 Å². The predicted molar refractivity (Wildman–Crippen MR) is 55.8 cm³/mol. The molecule has 1 rings (SSSR count). The van der Waals surface area contributed by atoms with Gasteiger partial charge >= 0.3 is 0 Å². The van der Waals surface area contributed by atoms with E-state index in [1.807, 2.05) is 0 Å². The molecule has 1 aromatic rings. The molecule has 1 aromatic carbocycles. The van der Waals surface area contributed by atoms with Crippen LogP contribution < -0.4 is 0 Å². The highest BCUT2D eigenvalue weighted by molar-refractivity contribution is 9.10. The van der Waals surface area contributed by atoms with Crippen LogP contribution in [0.15, 0.2) is 22.7 Å². The highest BCUT2D eigenvalue weighted by Gasteiger charge is 2.10.